The molecule has 3 amide bonds. The number of esters is 1. The van der Waals surface area contributed by atoms with Gasteiger partial charge in [-0.3, -0.25) is 9.59 Å². The molecule has 13 heteroatoms. The second kappa shape index (κ2) is 16.4. The van der Waals surface area contributed by atoms with E-state index in [1.54, 1.807) is 36.4 Å². The Balaban J connectivity index is 1.26. The third-order valence-electron chi connectivity index (χ3n) is 8.90. The van der Waals surface area contributed by atoms with Gasteiger partial charge in [-0.1, -0.05) is 30.3 Å². The monoisotopic (exact) mass is 695 g/mol. The molecule has 0 aliphatic heterocycles. The molecule has 51 heavy (non-hydrogen) atoms. The summed E-state index contributed by atoms with van der Waals surface area (Å²) in [5.74, 6) is -0.507. The van der Waals surface area contributed by atoms with Gasteiger partial charge in [0.2, 0.25) is 17.6 Å². The van der Waals surface area contributed by atoms with Crippen LogP contribution in [0.25, 0.3) is 22.5 Å². The summed E-state index contributed by atoms with van der Waals surface area (Å²) in [7, 11) is 1.35. The molecule has 1 aromatic heterocycles. The number of nitrogens with zero attached hydrogens (tertiary/aromatic N) is 3. The second-order valence-corrected chi connectivity index (χ2v) is 13.9. The average molecular weight is 696 g/mol. The van der Waals surface area contributed by atoms with Gasteiger partial charge in [0.1, 0.15) is 11.6 Å². The SMILES string of the molecule is COC(=O)c1ccc(C)c(-c2ccc(C[C@H](NC(=O)C3CCC(CNC(=O)OC(C)(C)C)CC3)C(=O)Nc3ccc(-c4nn[nH]n4)cc3)cc2)c1. The van der Waals surface area contributed by atoms with E-state index in [1.807, 2.05) is 58.0 Å². The van der Waals surface area contributed by atoms with Crippen molar-refractivity contribution in [1.29, 1.82) is 0 Å². The molecule has 1 heterocycles. The summed E-state index contributed by atoms with van der Waals surface area (Å²) in [5.41, 5.74) is 4.84. The van der Waals surface area contributed by atoms with Gasteiger partial charge in [0, 0.05) is 30.1 Å². The summed E-state index contributed by atoms with van der Waals surface area (Å²) in [6, 6.07) is 19.3. The molecular weight excluding hydrogens is 650 g/mol. The quantitative estimate of drug-likeness (QED) is 0.145. The van der Waals surface area contributed by atoms with E-state index in [0.717, 1.165) is 40.7 Å². The van der Waals surface area contributed by atoms with Crippen LogP contribution >= 0.6 is 0 Å². The van der Waals surface area contributed by atoms with Gasteiger partial charge in [-0.25, -0.2) is 9.59 Å². The molecule has 1 fully saturated rings. The van der Waals surface area contributed by atoms with Crippen molar-refractivity contribution in [2.75, 3.05) is 19.0 Å². The van der Waals surface area contributed by atoms with Crippen molar-refractivity contribution in [3.8, 4) is 22.5 Å². The van der Waals surface area contributed by atoms with Crippen molar-refractivity contribution in [3.63, 3.8) is 0 Å². The Morgan fingerprint density at radius 3 is 2.24 bits per heavy atom. The summed E-state index contributed by atoms with van der Waals surface area (Å²) in [4.78, 5) is 51.6. The average Bonchev–Trinajstić information content (AvgIpc) is 3.66. The number of carbonyl (C=O) groups is 4. The number of H-pyrrole nitrogens is 1. The van der Waals surface area contributed by atoms with Crippen LogP contribution in [0.1, 0.15) is 67.9 Å². The third-order valence-corrected chi connectivity index (χ3v) is 8.90. The lowest BCUT2D eigenvalue weighted by molar-refractivity contribution is -0.130. The largest absolute Gasteiger partial charge is 0.465 e. The highest BCUT2D eigenvalue weighted by Crippen LogP contribution is 2.30. The number of aryl methyl sites for hydroxylation is 1. The number of anilines is 1. The van der Waals surface area contributed by atoms with Gasteiger partial charge in [-0.05, 0) is 123 Å². The minimum Gasteiger partial charge on any atom is -0.465 e. The molecule has 13 nitrogen and oxygen atoms in total. The number of hydrogen-bond acceptors (Lipinski definition) is 9. The molecule has 0 unspecified atom stereocenters. The smallest absolute Gasteiger partial charge is 0.407 e. The van der Waals surface area contributed by atoms with E-state index >= 15 is 0 Å². The minimum absolute atomic E-state index is 0.173. The number of hydrogen-bond donors (Lipinski definition) is 4. The fourth-order valence-electron chi connectivity index (χ4n) is 6.12. The summed E-state index contributed by atoms with van der Waals surface area (Å²) in [5, 5.41) is 22.8. The summed E-state index contributed by atoms with van der Waals surface area (Å²) < 4.78 is 10.2. The van der Waals surface area contributed by atoms with Crippen molar-refractivity contribution in [1.82, 2.24) is 31.3 Å². The number of nitrogens with one attached hydrogen (secondary N) is 4. The van der Waals surface area contributed by atoms with Crippen LogP contribution in [0.15, 0.2) is 66.7 Å². The molecule has 1 aliphatic carbocycles. The van der Waals surface area contributed by atoms with Gasteiger partial charge in [0.05, 0.1) is 12.7 Å². The first-order valence-corrected chi connectivity index (χ1v) is 17.1. The minimum atomic E-state index is -0.851. The molecule has 0 radical (unpaired) electrons. The molecule has 1 atom stereocenters. The maximum Gasteiger partial charge on any atom is 0.407 e. The highest BCUT2D eigenvalue weighted by atomic mass is 16.6. The molecule has 3 aromatic carbocycles. The zero-order chi connectivity index (χ0) is 36.5. The topological polar surface area (TPSA) is 177 Å². The molecule has 0 saturated heterocycles. The van der Waals surface area contributed by atoms with Crippen molar-refractivity contribution in [2.45, 2.75) is 71.4 Å². The van der Waals surface area contributed by atoms with E-state index < -0.39 is 23.7 Å². The number of amides is 3. The number of rotatable bonds is 11. The van der Waals surface area contributed by atoms with E-state index in [1.165, 1.54) is 7.11 Å². The Kier molecular flexibility index (Phi) is 11.8. The Bertz CT molecular complexity index is 1810. The predicted octanol–water partition coefficient (Wildman–Crippen LogP) is 5.63. The van der Waals surface area contributed by atoms with Crippen LogP contribution in [0.5, 0.6) is 0 Å². The van der Waals surface area contributed by atoms with Crippen molar-refractivity contribution < 1.29 is 28.7 Å². The first-order valence-electron chi connectivity index (χ1n) is 17.1. The molecule has 4 aromatic rings. The second-order valence-electron chi connectivity index (χ2n) is 13.9. The van der Waals surface area contributed by atoms with Gasteiger partial charge in [0.25, 0.3) is 0 Å². The summed E-state index contributed by atoms with van der Waals surface area (Å²) >= 11 is 0. The molecular formula is C38H45N7O6. The van der Waals surface area contributed by atoms with Gasteiger partial charge < -0.3 is 25.4 Å². The third kappa shape index (κ3) is 10.2. The van der Waals surface area contributed by atoms with Crippen LogP contribution in [0, 0.1) is 18.8 Å². The zero-order valence-corrected chi connectivity index (χ0v) is 29.6. The van der Waals surface area contributed by atoms with Gasteiger partial charge in [0.15, 0.2) is 0 Å². The lowest BCUT2D eigenvalue weighted by Gasteiger charge is -2.29. The number of alkyl carbamates (subject to hydrolysis) is 1. The van der Waals surface area contributed by atoms with Crippen molar-refractivity contribution >= 4 is 29.6 Å². The van der Waals surface area contributed by atoms with E-state index in [2.05, 4.69) is 36.6 Å². The highest BCUT2D eigenvalue weighted by molar-refractivity contribution is 5.98. The first-order chi connectivity index (χ1) is 24.4. The lowest BCUT2D eigenvalue weighted by atomic mass is 9.81. The Labute approximate surface area is 297 Å². The molecule has 0 spiro atoms. The number of methoxy groups -OCH3 is 1. The lowest BCUT2D eigenvalue weighted by Crippen LogP contribution is -2.48. The number of benzene rings is 3. The molecule has 4 N–H and O–H groups in total. The highest BCUT2D eigenvalue weighted by Gasteiger charge is 2.30. The van der Waals surface area contributed by atoms with Crippen LogP contribution in [0.2, 0.25) is 0 Å². The van der Waals surface area contributed by atoms with Crippen LogP contribution < -0.4 is 16.0 Å². The van der Waals surface area contributed by atoms with Crippen molar-refractivity contribution in [3.05, 3.63) is 83.4 Å². The standard InChI is InChI=1S/C38H45N7O6/c1-23-6-11-29(36(48)50-5)21-31(23)26-12-7-24(8-13-26)20-32(35(47)40-30-18-16-27(17-19-30)33-42-44-45-43-33)41-34(46)28-14-9-25(10-15-28)22-39-37(49)51-38(2,3)4/h6-8,11-13,16-19,21,25,28,32H,9-10,14-15,20,22H2,1-5H3,(H,39,49)(H,40,47)(H,41,46)(H,42,43,44,45)/t25?,28?,32-/m0/s1. The number of aromatic nitrogens is 4. The predicted molar refractivity (Wildman–Crippen MR) is 192 cm³/mol. The van der Waals surface area contributed by atoms with Crippen LogP contribution in [0.4, 0.5) is 10.5 Å². The number of aromatic amines is 1. The normalized spacial score (nSPS) is 16.4. The Hall–Kier alpha value is -5.59. The number of ether oxygens (including phenoxy) is 2. The van der Waals surface area contributed by atoms with Gasteiger partial charge in [-0.15, -0.1) is 10.2 Å². The molecule has 1 saturated carbocycles. The first kappa shape index (κ1) is 36.7. The molecule has 268 valence electrons. The van der Waals surface area contributed by atoms with E-state index in [-0.39, 0.29) is 30.1 Å². The molecule has 1 aliphatic rings. The maximum atomic E-state index is 13.8. The van der Waals surface area contributed by atoms with E-state index in [4.69, 9.17) is 9.47 Å². The fraction of sp³-hybridized carbons (Fsp3) is 0.395. The van der Waals surface area contributed by atoms with Gasteiger partial charge in [-0.2, -0.15) is 5.21 Å². The zero-order valence-electron chi connectivity index (χ0n) is 29.6. The van der Waals surface area contributed by atoms with Crippen LogP contribution in [-0.2, 0) is 25.5 Å². The maximum absolute atomic E-state index is 13.8. The van der Waals surface area contributed by atoms with Crippen LogP contribution in [-0.4, -0.2) is 69.8 Å². The van der Waals surface area contributed by atoms with Gasteiger partial charge >= 0.3 is 12.1 Å². The summed E-state index contributed by atoms with van der Waals surface area (Å²) in [6.07, 6.45) is 2.66. The van der Waals surface area contributed by atoms with Crippen LogP contribution in [0.3, 0.4) is 0 Å². The number of carbonyl (C=O) groups excluding carboxylic acids is 4. The van der Waals surface area contributed by atoms with E-state index in [0.29, 0.717) is 36.5 Å². The molecule has 5 rings (SSSR count). The fourth-order valence-corrected chi connectivity index (χ4v) is 6.12. The Morgan fingerprint density at radius 2 is 1.61 bits per heavy atom. The Morgan fingerprint density at radius 1 is 0.922 bits per heavy atom. The van der Waals surface area contributed by atoms with Crippen molar-refractivity contribution in [2.24, 2.45) is 11.8 Å². The molecule has 0 bridgehead atoms. The number of tetrazole rings is 1. The summed E-state index contributed by atoms with van der Waals surface area (Å²) in [6.45, 7) is 7.92. The van der Waals surface area contributed by atoms with E-state index in [9.17, 15) is 19.2 Å².